The van der Waals surface area contributed by atoms with Crippen molar-refractivity contribution in [1.82, 2.24) is 15.3 Å². The molecule has 4 nitrogen and oxygen atoms in total. The van der Waals surface area contributed by atoms with Crippen molar-refractivity contribution in [2.45, 2.75) is 6.04 Å². The fraction of sp³-hybridized carbons (Fsp3) is 0.636. The Hall–Kier alpha value is 0.0200. The molecule has 0 saturated carbocycles. The molecule has 1 aliphatic rings. The average molecular weight is 319 g/mol. The zero-order valence-electron chi connectivity index (χ0n) is 10.0. The highest BCUT2D eigenvalue weighted by atomic mass is 79.9. The Balaban J connectivity index is 1.91. The van der Waals surface area contributed by atoms with E-state index in [1.165, 1.54) is 4.88 Å². The summed E-state index contributed by atoms with van der Waals surface area (Å²) in [6, 6.07) is 2.38. The molecule has 1 fully saturated rings. The van der Waals surface area contributed by atoms with Gasteiger partial charge in [-0.1, -0.05) is 0 Å². The number of likely N-dealkylation sites (N-methyl/N-ethyl adjacent to an activating group) is 1. The largest absolute Gasteiger partial charge is 0.329 e. The van der Waals surface area contributed by atoms with Crippen LogP contribution in [0.2, 0.25) is 0 Å². The second-order valence-electron chi connectivity index (χ2n) is 4.38. The molecule has 0 spiro atoms. The number of halogens is 1. The molecule has 0 bridgehead atoms. The van der Waals surface area contributed by atoms with Gasteiger partial charge in [-0.2, -0.15) is 0 Å². The molecule has 1 aliphatic heterocycles. The predicted octanol–water partition coefficient (Wildman–Crippen LogP) is 1.26. The molecule has 1 saturated heterocycles. The minimum absolute atomic E-state index is 0.231. The van der Waals surface area contributed by atoms with Gasteiger partial charge in [0.05, 0.1) is 6.04 Å². The molecule has 6 heteroatoms. The van der Waals surface area contributed by atoms with Crippen molar-refractivity contribution in [1.29, 1.82) is 0 Å². The molecule has 1 atom stereocenters. The van der Waals surface area contributed by atoms with Crippen LogP contribution in [0.4, 0.5) is 0 Å². The van der Waals surface area contributed by atoms with Crippen LogP contribution in [0.1, 0.15) is 10.9 Å². The van der Waals surface area contributed by atoms with Gasteiger partial charge in [0.2, 0.25) is 0 Å². The van der Waals surface area contributed by atoms with Crippen LogP contribution >= 0.6 is 27.3 Å². The van der Waals surface area contributed by atoms with E-state index in [4.69, 9.17) is 5.73 Å². The van der Waals surface area contributed by atoms with E-state index in [9.17, 15) is 0 Å². The van der Waals surface area contributed by atoms with Gasteiger partial charge in [0, 0.05) is 47.5 Å². The van der Waals surface area contributed by atoms with E-state index in [-0.39, 0.29) is 6.04 Å². The van der Waals surface area contributed by atoms with Gasteiger partial charge in [0.1, 0.15) is 0 Å². The normalized spacial score (nSPS) is 20.6. The molecule has 1 unspecified atom stereocenters. The molecule has 0 radical (unpaired) electrons. The minimum atomic E-state index is 0.231. The quantitative estimate of drug-likeness (QED) is 0.877. The third-order valence-corrected chi connectivity index (χ3v) is 4.82. The van der Waals surface area contributed by atoms with Crippen molar-refractivity contribution in [3.63, 3.8) is 0 Å². The molecule has 17 heavy (non-hydrogen) atoms. The number of nitrogens with two attached hydrogens (primary N) is 1. The lowest BCUT2D eigenvalue weighted by molar-refractivity contribution is 0.0886. The molecule has 0 aromatic carbocycles. The number of piperazine rings is 1. The molecule has 1 aromatic rings. The standard InChI is InChI=1S/C11H19BrN4S/c1-15-2-4-16(5-3-15)14-10(7-13)11-6-9(12)8-17-11/h6,8,10,14H,2-5,7,13H2,1H3. The minimum Gasteiger partial charge on any atom is -0.329 e. The van der Waals surface area contributed by atoms with Crippen LogP contribution in [0.25, 0.3) is 0 Å². The third kappa shape index (κ3) is 3.74. The summed E-state index contributed by atoms with van der Waals surface area (Å²) in [5, 5.41) is 4.38. The summed E-state index contributed by atoms with van der Waals surface area (Å²) in [6.45, 7) is 4.95. The van der Waals surface area contributed by atoms with Crippen molar-refractivity contribution in [3.05, 3.63) is 20.8 Å². The fourth-order valence-electron chi connectivity index (χ4n) is 1.90. The SMILES string of the molecule is CN1CCN(NC(CN)c2cc(Br)cs2)CC1. The smallest absolute Gasteiger partial charge is 0.0680 e. The number of rotatable bonds is 4. The molecule has 2 heterocycles. The van der Waals surface area contributed by atoms with E-state index >= 15 is 0 Å². The van der Waals surface area contributed by atoms with Gasteiger partial charge in [0.15, 0.2) is 0 Å². The van der Waals surface area contributed by atoms with E-state index < -0.39 is 0 Å². The van der Waals surface area contributed by atoms with Crippen LogP contribution in [0, 0.1) is 0 Å². The van der Waals surface area contributed by atoms with Crippen molar-refractivity contribution in [2.24, 2.45) is 5.73 Å². The molecule has 0 aliphatic carbocycles. The first kappa shape index (κ1) is 13.5. The lowest BCUT2D eigenvalue weighted by Gasteiger charge is -2.35. The predicted molar refractivity (Wildman–Crippen MR) is 76.0 cm³/mol. The van der Waals surface area contributed by atoms with E-state index in [0.717, 1.165) is 30.7 Å². The van der Waals surface area contributed by atoms with Crippen LogP contribution < -0.4 is 11.2 Å². The molecular weight excluding hydrogens is 300 g/mol. The summed E-state index contributed by atoms with van der Waals surface area (Å²) < 4.78 is 1.14. The third-order valence-electron chi connectivity index (χ3n) is 3.01. The maximum Gasteiger partial charge on any atom is 0.0680 e. The molecule has 96 valence electrons. The number of hydrazine groups is 1. The van der Waals surface area contributed by atoms with Crippen molar-refractivity contribution in [2.75, 3.05) is 39.8 Å². The van der Waals surface area contributed by atoms with Gasteiger partial charge in [-0.15, -0.1) is 11.3 Å². The fourth-order valence-corrected chi connectivity index (χ4v) is 3.40. The second-order valence-corrected chi connectivity index (χ2v) is 6.23. The number of hydrogen-bond donors (Lipinski definition) is 2. The maximum absolute atomic E-state index is 5.85. The summed E-state index contributed by atoms with van der Waals surface area (Å²) in [7, 11) is 2.16. The van der Waals surface area contributed by atoms with Gasteiger partial charge >= 0.3 is 0 Å². The number of hydrogen-bond acceptors (Lipinski definition) is 5. The first-order valence-corrected chi connectivity index (χ1v) is 7.50. The molecule has 0 amide bonds. The highest BCUT2D eigenvalue weighted by Crippen LogP contribution is 2.25. The van der Waals surface area contributed by atoms with E-state index in [0.29, 0.717) is 6.54 Å². The number of nitrogens with zero attached hydrogens (tertiary/aromatic N) is 2. The second kappa shape index (κ2) is 6.26. The van der Waals surface area contributed by atoms with Crippen LogP contribution in [0.15, 0.2) is 15.9 Å². The summed E-state index contributed by atoms with van der Waals surface area (Å²) in [5.41, 5.74) is 9.38. The van der Waals surface area contributed by atoms with Crippen LogP contribution in [0.3, 0.4) is 0 Å². The lowest BCUT2D eigenvalue weighted by Crippen LogP contribution is -2.52. The van der Waals surface area contributed by atoms with E-state index in [1.54, 1.807) is 11.3 Å². The van der Waals surface area contributed by atoms with Crippen molar-refractivity contribution >= 4 is 27.3 Å². The zero-order valence-corrected chi connectivity index (χ0v) is 12.4. The van der Waals surface area contributed by atoms with E-state index in [2.05, 4.69) is 49.8 Å². The lowest BCUT2D eigenvalue weighted by atomic mass is 10.2. The van der Waals surface area contributed by atoms with E-state index in [1.807, 2.05) is 0 Å². The Bertz CT molecular complexity index is 349. The highest BCUT2D eigenvalue weighted by molar-refractivity contribution is 9.10. The summed E-state index contributed by atoms with van der Waals surface area (Å²) in [4.78, 5) is 3.63. The van der Waals surface area contributed by atoms with Crippen LogP contribution in [-0.4, -0.2) is 49.7 Å². The van der Waals surface area contributed by atoms with Gasteiger partial charge in [-0.3, -0.25) is 0 Å². The summed E-state index contributed by atoms with van der Waals surface area (Å²) >= 11 is 5.23. The highest BCUT2D eigenvalue weighted by Gasteiger charge is 2.18. The average Bonchev–Trinajstić information content (AvgIpc) is 2.75. The Labute approximate surface area is 115 Å². The summed E-state index contributed by atoms with van der Waals surface area (Å²) in [5.74, 6) is 0. The topological polar surface area (TPSA) is 44.5 Å². The van der Waals surface area contributed by atoms with Crippen LogP contribution in [0.5, 0.6) is 0 Å². The summed E-state index contributed by atoms with van der Waals surface area (Å²) in [6.07, 6.45) is 0. The first-order chi connectivity index (χ1) is 8.19. The van der Waals surface area contributed by atoms with Gasteiger partial charge in [-0.25, -0.2) is 10.4 Å². The Morgan fingerprint density at radius 2 is 2.18 bits per heavy atom. The molecule has 2 rings (SSSR count). The monoisotopic (exact) mass is 318 g/mol. The zero-order chi connectivity index (χ0) is 12.3. The number of thiophene rings is 1. The Morgan fingerprint density at radius 3 is 2.71 bits per heavy atom. The van der Waals surface area contributed by atoms with Gasteiger partial charge < -0.3 is 10.6 Å². The van der Waals surface area contributed by atoms with Gasteiger partial charge in [-0.05, 0) is 29.0 Å². The number of nitrogens with one attached hydrogen (secondary N) is 1. The molecule has 3 N–H and O–H groups in total. The molecular formula is C11H19BrN4S. The Kier molecular flexibility index (Phi) is 4.96. The van der Waals surface area contributed by atoms with Crippen molar-refractivity contribution < 1.29 is 0 Å². The van der Waals surface area contributed by atoms with Crippen LogP contribution in [-0.2, 0) is 0 Å². The molecule has 1 aromatic heterocycles. The van der Waals surface area contributed by atoms with Gasteiger partial charge in [0.25, 0.3) is 0 Å². The first-order valence-electron chi connectivity index (χ1n) is 5.82. The van der Waals surface area contributed by atoms with Crippen molar-refractivity contribution in [3.8, 4) is 0 Å². The Morgan fingerprint density at radius 1 is 1.47 bits per heavy atom. The maximum atomic E-state index is 5.85.